The third-order valence-corrected chi connectivity index (χ3v) is 4.89. The van der Waals surface area contributed by atoms with E-state index in [0.717, 1.165) is 12.8 Å². The fourth-order valence-corrected chi connectivity index (χ4v) is 3.62. The molecule has 17 heavy (non-hydrogen) atoms. The first-order chi connectivity index (χ1) is 8.04. The Kier molecular flexibility index (Phi) is 3.50. The quantitative estimate of drug-likeness (QED) is 0.803. The summed E-state index contributed by atoms with van der Waals surface area (Å²) in [6, 6.07) is 0. The largest absolute Gasteiger partial charge is 0.332 e. The van der Waals surface area contributed by atoms with Crippen molar-refractivity contribution in [3.05, 3.63) is 12.0 Å². The fourth-order valence-electron chi connectivity index (χ4n) is 2.11. The van der Waals surface area contributed by atoms with E-state index in [1.54, 1.807) is 6.92 Å². The molecule has 0 bridgehead atoms. The predicted octanol–water partition coefficient (Wildman–Crippen LogP) is 0.0775. The Hall–Kier alpha value is -0.920. The van der Waals surface area contributed by atoms with Crippen LogP contribution >= 0.6 is 0 Å². The van der Waals surface area contributed by atoms with Gasteiger partial charge in [0.05, 0.1) is 6.20 Å². The normalized spacial score (nSPS) is 22.8. The molecule has 1 unspecified atom stereocenters. The lowest BCUT2D eigenvalue weighted by atomic mass is 10.0. The lowest BCUT2D eigenvalue weighted by Crippen LogP contribution is -2.42. The Morgan fingerprint density at radius 2 is 2.41 bits per heavy atom. The van der Waals surface area contributed by atoms with Crippen LogP contribution in [-0.2, 0) is 10.0 Å². The summed E-state index contributed by atoms with van der Waals surface area (Å²) in [4.78, 5) is 6.71. The number of sulfonamides is 1. The van der Waals surface area contributed by atoms with Crippen molar-refractivity contribution < 1.29 is 8.42 Å². The van der Waals surface area contributed by atoms with Crippen molar-refractivity contribution in [1.29, 1.82) is 0 Å². The molecule has 96 valence electrons. The van der Waals surface area contributed by atoms with Crippen molar-refractivity contribution in [2.24, 2.45) is 11.7 Å². The summed E-state index contributed by atoms with van der Waals surface area (Å²) in [5.41, 5.74) is 5.61. The number of H-pyrrole nitrogens is 1. The molecule has 0 radical (unpaired) electrons. The number of piperidine rings is 1. The van der Waals surface area contributed by atoms with Crippen molar-refractivity contribution >= 4 is 10.0 Å². The van der Waals surface area contributed by atoms with Gasteiger partial charge in [0.1, 0.15) is 5.82 Å². The highest BCUT2D eigenvalue weighted by Gasteiger charge is 2.30. The lowest BCUT2D eigenvalue weighted by molar-refractivity contribution is 0.271. The molecule has 1 aromatic rings. The summed E-state index contributed by atoms with van der Waals surface area (Å²) in [5, 5.41) is 0.174. The van der Waals surface area contributed by atoms with Gasteiger partial charge in [0.2, 0.25) is 0 Å². The molecule has 1 atom stereocenters. The van der Waals surface area contributed by atoms with Crippen LogP contribution in [0.1, 0.15) is 18.7 Å². The highest BCUT2D eigenvalue weighted by molar-refractivity contribution is 7.89. The Labute approximate surface area is 101 Å². The highest BCUT2D eigenvalue weighted by Crippen LogP contribution is 2.22. The second-order valence-electron chi connectivity index (χ2n) is 4.44. The van der Waals surface area contributed by atoms with Crippen molar-refractivity contribution in [2.75, 3.05) is 19.6 Å². The number of hydrogen-bond acceptors (Lipinski definition) is 4. The minimum absolute atomic E-state index is 0.174. The number of nitrogens with zero attached hydrogens (tertiary/aromatic N) is 2. The topological polar surface area (TPSA) is 92.1 Å². The van der Waals surface area contributed by atoms with Crippen LogP contribution in [0.2, 0.25) is 0 Å². The molecular formula is C10H18N4O2S. The molecule has 0 amide bonds. The number of hydrogen-bond donors (Lipinski definition) is 2. The minimum atomic E-state index is -3.42. The molecule has 1 aromatic heterocycles. The molecule has 1 fully saturated rings. The number of nitrogens with two attached hydrogens (primary N) is 1. The van der Waals surface area contributed by atoms with Gasteiger partial charge < -0.3 is 10.7 Å². The third kappa shape index (κ3) is 2.51. The third-order valence-electron chi connectivity index (χ3n) is 3.11. The Morgan fingerprint density at radius 1 is 1.65 bits per heavy atom. The zero-order chi connectivity index (χ0) is 12.5. The van der Waals surface area contributed by atoms with E-state index in [1.807, 2.05) is 0 Å². The van der Waals surface area contributed by atoms with Gasteiger partial charge in [-0.05, 0) is 32.2 Å². The molecule has 7 heteroatoms. The van der Waals surface area contributed by atoms with Crippen LogP contribution in [0.15, 0.2) is 11.2 Å². The molecule has 3 N–H and O–H groups in total. The van der Waals surface area contributed by atoms with E-state index >= 15 is 0 Å². The fraction of sp³-hybridized carbons (Fsp3) is 0.700. The maximum Gasteiger partial charge on any atom is 0.260 e. The highest BCUT2D eigenvalue weighted by atomic mass is 32.2. The number of nitrogens with one attached hydrogen (secondary N) is 1. The van der Waals surface area contributed by atoms with Gasteiger partial charge in [-0.15, -0.1) is 0 Å². The second-order valence-corrected chi connectivity index (χ2v) is 6.35. The molecular weight excluding hydrogens is 240 g/mol. The maximum atomic E-state index is 12.3. The van der Waals surface area contributed by atoms with E-state index < -0.39 is 10.0 Å². The summed E-state index contributed by atoms with van der Waals surface area (Å²) in [5.74, 6) is 0.874. The van der Waals surface area contributed by atoms with E-state index in [1.165, 1.54) is 10.5 Å². The summed E-state index contributed by atoms with van der Waals surface area (Å²) in [6.07, 6.45) is 3.25. The van der Waals surface area contributed by atoms with Crippen LogP contribution in [0.3, 0.4) is 0 Å². The Bertz CT molecular complexity index is 482. The summed E-state index contributed by atoms with van der Waals surface area (Å²) in [6.45, 7) is 3.35. The number of aryl methyl sites for hydroxylation is 1. The van der Waals surface area contributed by atoms with Gasteiger partial charge in [-0.2, -0.15) is 4.31 Å². The lowest BCUT2D eigenvalue weighted by Gasteiger charge is -2.30. The molecule has 0 saturated carbocycles. The van der Waals surface area contributed by atoms with E-state index in [0.29, 0.717) is 25.5 Å². The molecule has 0 aromatic carbocycles. The van der Waals surface area contributed by atoms with E-state index in [9.17, 15) is 8.42 Å². The van der Waals surface area contributed by atoms with Crippen LogP contribution in [0.4, 0.5) is 0 Å². The SMILES string of the molecule is Cc1ncc(S(=O)(=O)N2CCCC(CN)C2)[nH]1. The smallest absolute Gasteiger partial charge is 0.260 e. The zero-order valence-electron chi connectivity index (χ0n) is 9.89. The van der Waals surface area contributed by atoms with Gasteiger partial charge in [0.15, 0.2) is 5.03 Å². The van der Waals surface area contributed by atoms with Gasteiger partial charge >= 0.3 is 0 Å². The van der Waals surface area contributed by atoms with Crippen LogP contribution < -0.4 is 5.73 Å². The van der Waals surface area contributed by atoms with Crippen molar-refractivity contribution in [3.63, 3.8) is 0 Å². The predicted molar refractivity (Wildman–Crippen MR) is 63.9 cm³/mol. The zero-order valence-corrected chi connectivity index (χ0v) is 10.7. The van der Waals surface area contributed by atoms with Gasteiger partial charge in [-0.25, -0.2) is 13.4 Å². The summed E-state index contributed by atoms with van der Waals surface area (Å²) in [7, 11) is -3.42. The van der Waals surface area contributed by atoms with E-state index in [2.05, 4.69) is 9.97 Å². The van der Waals surface area contributed by atoms with Gasteiger partial charge in [-0.1, -0.05) is 0 Å². The first-order valence-corrected chi connectivity index (χ1v) is 7.20. The molecule has 1 aliphatic rings. The number of aromatic amines is 1. The first kappa shape index (κ1) is 12.5. The molecule has 1 saturated heterocycles. The van der Waals surface area contributed by atoms with Gasteiger partial charge in [0.25, 0.3) is 10.0 Å². The first-order valence-electron chi connectivity index (χ1n) is 5.76. The van der Waals surface area contributed by atoms with Crippen molar-refractivity contribution in [3.8, 4) is 0 Å². The number of aromatic nitrogens is 2. The molecule has 2 heterocycles. The summed E-state index contributed by atoms with van der Waals surface area (Å²) >= 11 is 0. The molecule has 0 aliphatic carbocycles. The molecule has 2 rings (SSSR count). The van der Waals surface area contributed by atoms with E-state index in [4.69, 9.17) is 5.73 Å². The average molecular weight is 258 g/mol. The van der Waals surface area contributed by atoms with E-state index in [-0.39, 0.29) is 10.9 Å². The van der Waals surface area contributed by atoms with Crippen molar-refractivity contribution in [2.45, 2.75) is 24.8 Å². The van der Waals surface area contributed by atoms with Crippen molar-refractivity contribution in [1.82, 2.24) is 14.3 Å². The Balaban J connectivity index is 2.21. The molecule has 6 nitrogen and oxygen atoms in total. The molecule has 0 spiro atoms. The standard InChI is InChI=1S/C10H18N4O2S/c1-8-12-6-10(13-8)17(15,16)14-4-2-3-9(5-11)7-14/h6,9H,2-5,7,11H2,1H3,(H,12,13). The van der Waals surface area contributed by atoms with Crippen LogP contribution in [0.5, 0.6) is 0 Å². The van der Waals surface area contributed by atoms with Gasteiger partial charge in [-0.3, -0.25) is 0 Å². The number of imidazole rings is 1. The Morgan fingerprint density at radius 3 is 3.00 bits per heavy atom. The maximum absolute atomic E-state index is 12.3. The van der Waals surface area contributed by atoms with Crippen LogP contribution in [0, 0.1) is 12.8 Å². The minimum Gasteiger partial charge on any atom is -0.332 e. The van der Waals surface area contributed by atoms with Gasteiger partial charge in [0, 0.05) is 13.1 Å². The average Bonchev–Trinajstić information content (AvgIpc) is 2.76. The van der Waals surface area contributed by atoms with Crippen LogP contribution in [-0.4, -0.2) is 42.3 Å². The monoisotopic (exact) mass is 258 g/mol. The number of rotatable bonds is 3. The summed E-state index contributed by atoms with van der Waals surface area (Å²) < 4.78 is 26.1. The second kappa shape index (κ2) is 4.75. The van der Waals surface area contributed by atoms with Crippen LogP contribution in [0.25, 0.3) is 0 Å². The molecule has 1 aliphatic heterocycles.